The van der Waals surface area contributed by atoms with E-state index in [-0.39, 0.29) is 6.10 Å². The first-order chi connectivity index (χ1) is 7.75. The summed E-state index contributed by atoms with van der Waals surface area (Å²) in [6.45, 7) is 3.18. The van der Waals surface area contributed by atoms with Crippen molar-refractivity contribution in [2.24, 2.45) is 5.92 Å². The summed E-state index contributed by atoms with van der Waals surface area (Å²) in [7, 11) is 0. The van der Waals surface area contributed by atoms with Gasteiger partial charge < -0.3 is 10.4 Å². The first-order valence-electron chi connectivity index (χ1n) is 6.05. The first-order valence-corrected chi connectivity index (χ1v) is 6.93. The molecule has 4 heteroatoms. The van der Waals surface area contributed by atoms with Crippen molar-refractivity contribution in [2.75, 3.05) is 6.54 Å². The summed E-state index contributed by atoms with van der Waals surface area (Å²) in [5, 5.41) is 13.1. The summed E-state index contributed by atoms with van der Waals surface area (Å²) in [6.07, 6.45) is 6.22. The molecule has 1 aliphatic carbocycles. The number of aromatic nitrogens is 1. The van der Waals surface area contributed by atoms with Crippen LogP contribution >= 0.6 is 11.3 Å². The van der Waals surface area contributed by atoms with Gasteiger partial charge in [0.2, 0.25) is 0 Å². The van der Waals surface area contributed by atoms with Crippen LogP contribution in [0.3, 0.4) is 0 Å². The molecule has 2 N–H and O–H groups in total. The van der Waals surface area contributed by atoms with Crippen LogP contribution in [0.25, 0.3) is 0 Å². The van der Waals surface area contributed by atoms with E-state index in [0.717, 1.165) is 19.4 Å². The molecule has 0 bridgehead atoms. The fourth-order valence-corrected chi connectivity index (χ4v) is 2.98. The van der Waals surface area contributed by atoms with E-state index in [4.69, 9.17) is 0 Å². The molecule has 3 nitrogen and oxygen atoms in total. The number of aliphatic hydroxyl groups is 1. The molecule has 2 rings (SSSR count). The van der Waals surface area contributed by atoms with E-state index >= 15 is 0 Å². The molecule has 1 aliphatic rings. The Morgan fingerprint density at radius 3 is 3.19 bits per heavy atom. The maximum Gasteiger partial charge on any atom is 0.0794 e. The third-order valence-electron chi connectivity index (χ3n) is 3.35. The standard InChI is InChI=1S/C12H20N2OS/c1-9(12-7-13-8-16-12)14-6-10-3-2-4-11(15)5-10/h7-11,14-15H,2-6H2,1H3. The van der Waals surface area contributed by atoms with Crippen molar-refractivity contribution in [1.82, 2.24) is 10.3 Å². The number of nitrogens with zero attached hydrogens (tertiary/aromatic N) is 1. The average molecular weight is 240 g/mol. The third-order valence-corrected chi connectivity index (χ3v) is 4.30. The quantitative estimate of drug-likeness (QED) is 0.849. The molecule has 1 fully saturated rings. The Morgan fingerprint density at radius 2 is 2.50 bits per heavy atom. The van der Waals surface area contributed by atoms with Gasteiger partial charge in [-0.25, -0.2) is 0 Å². The van der Waals surface area contributed by atoms with Gasteiger partial charge in [0.15, 0.2) is 0 Å². The topological polar surface area (TPSA) is 45.1 Å². The highest BCUT2D eigenvalue weighted by Gasteiger charge is 2.20. The molecule has 16 heavy (non-hydrogen) atoms. The van der Waals surface area contributed by atoms with E-state index in [2.05, 4.69) is 17.2 Å². The van der Waals surface area contributed by atoms with Gasteiger partial charge in [0.1, 0.15) is 0 Å². The average Bonchev–Trinajstić information content (AvgIpc) is 2.79. The van der Waals surface area contributed by atoms with E-state index in [1.807, 2.05) is 11.7 Å². The summed E-state index contributed by atoms with van der Waals surface area (Å²) in [4.78, 5) is 5.38. The molecule has 0 aliphatic heterocycles. The Morgan fingerprint density at radius 1 is 1.62 bits per heavy atom. The highest BCUT2D eigenvalue weighted by atomic mass is 32.1. The first kappa shape index (κ1) is 12.0. The lowest BCUT2D eigenvalue weighted by Crippen LogP contribution is -2.30. The molecule has 1 aromatic rings. The molecule has 1 aromatic heterocycles. The van der Waals surface area contributed by atoms with E-state index < -0.39 is 0 Å². The van der Waals surface area contributed by atoms with Crippen molar-refractivity contribution in [3.63, 3.8) is 0 Å². The van der Waals surface area contributed by atoms with Gasteiger partial charge in [-0.2, -0.15) is 0 Å². The van der Waals surface area contributed by atoms with E-state index in [1.165, 1.54) is 17.7 Å². The number of hydrogen-bond acceptors (Lipinski definition) is 4. The lowest BCUT2D eigenvalue weighted by atomic mass is 9.87. The Balaban J connectivity index is 1.74. The Kier molecular flexibility index (Phi) is 4.32. The normalized spacial score (nSPS) is 27.9. The molecular weight excluding hydrogens is 220 g/mol. The molecule has 3 atom stereocenters. The number of aliphatic hydroxyl groups excluding tert-OH is 1. The van der Waals surface area contributed by atoms with E-state index in [1.54, 1.807) is 11.3 Å². The fraction of sp³-hybridized carbons (Fsp3) is 0.750. The minimum Gasteiger partial charge on any atom is -0.393 e. The van der Waals surface area contributed by atoms with Crippen LogP contribution < -0.4 is 5.32 Å². The van der Waals surface area contributed by atoms with Crippen LogP contribution in [0, 0.1) is 5.92 Å². The number of thiazole rings is 1. The van der Waals surface area contributed by atoms with Crippen LogP contribution in [0.5, 0.6) is 0 Å². The summed E-state index contributed by atoms with van der Waals surface area (Å²) in [5.41, 5.74) is 1.87. The minimum atomic E-state index is -0.0701. The lowest BCUT2D eigenvalue weighted by Gasteiger charge is -2.27. The molecule has 0 aromatic carbocycles. The van der Waals surface area contributed by atoms with E-state index in [9.17, 15) is 5.11 Å². The Hall–Kier alpha value is -0.450. The third kappa shape index (κ3) is 3.27. The second-order valence-corrected chi connectivity index (χ2v) is 5.64. The van der Waals surface area contributed by atoms with Gasteiger partial charge in [0.05, 0.1) is 11.6 Å². The molecule has 1 saturated carbocycles. The fourth-order valence-electron chi connectivity index (χ4n) is 2.33. The maximum absolute atomic E-state index is 9.59. The van der Waals surface area contributed by atoms with Gasteiger partial charge in [0, 0.05) is 17.1 Å². The van der Waals surface area contributed by atoms with Gasteiger partial charge >= 0.3 is 0 Å². The van der Waals surface area contributed by atoms with Gasteiger partial charge in [-0.05, 0) is 38.6 Å². The molecule has 0 amide bonds. The zero-order valence-corrected chi connectivity index (χ0v) is 10.5. The minimum absolute atomic E-state index is 0.0701. The van der Waals surface area contributed by atoms with Crippen LogP contribution in [0.15, 0.2) is 11.7 Å². The molecule has 0 saturated heterocycles. The van der Waals surface area contributed by atoms with Gasteiger partial charge in [-0.3, -0.25) is 4.98 Å². The van der Waals surface area contributed by atoms with Crippen molar-refractivity contribution in [2.45, 2.75) is 44.8 Å². The van der Waals surface area contributed by atoms with Crippen molar-refractivity contribution < 1.29 is 5.11 Å². The number of hydrogen-bond donors (Lipinski definition) is 2. The summed E-state index contributed by atoms with van der Waals surface area (Å²) in [5.74, 6) is 0.638. The lowest BCUT2D eigenvalue weighted by molar-refractivity contribution is 0.0998. The van der Waals surface area contributed by atoms with Gasteiger partial charge in [-0.15, -0.1) is 11.3 Å². The molecule has 1 heterocycles. The van der Waals surface area contributed by atoms with Gasteiger partial charge in [-0.1, -0.05) is 6.42 Å². The zero-order chi connectivity index (χ0) is 11.4. The van der Waals surface area contributed by atoms with Crippen LogP contribution in [0.2, 0.25) is 0 Å². The summed E-state index contributed by atoms with van der Waals surface area (Å²) >= 11 is 1.70. The van der Waals surface area contributed by atoms with Gasteiger partial charge in [0.25, 0.3) is 0 Å². The summed E-state index contributed by atoms with van der Waals surface area (Å²) < 4.78 is 0. The van der Waals surface area contributed by atoms with Crippen LogP contribution in [0.4, 0.5) is 0 Å². The monoisotopic (exact) mass is 240 g/mol. The molecule has 0 spiro atoms. The Labute approximate surface area is 101 Å². The summed E-state index contributed by atoms with van der Waals surface area (Å²) in [6, 6.07) is 0.381. The van der Waals surface area contributed by atoms with Crippen LogP contribution in [-0.4, -0.2) is 22.7 Å². The largest absolute Gasteiger partial charge is 0.393 e. The maximum atomic E-state index is 9.59. The predicted molar refractivity (Wildman–Crippen MR) is 66.5 cm³/mol. The zero-order valence-electron chi connectivity index (χ0n) is 9.72. The SMILES string of the molecule is CC(NCC1CCCC(O)C1)c1cncs1. The molecule has 3 unspecified atom stereocenters. The van der Waals surface area contributed by atoms with Crippen LogP contribution in [0.1, 0.15) is 43.5 Å². The molecular formula is C12H20N2OS. The van der Waals surface area contributed by atoms with Crippen molar-refractivity contribution in [3.05, 3.63) is 16.6 Å². The second-order valence-electron chi connectivity index (χ2n) is 4.72. The highest BCUT2D eigenvalue weighted by molar-refractivity contribution is 7.09. The van der Waals surface area contributed by atoms with Crippen molar-refractivity contribution >= 4 is 11.3 Å². The number of rotatable bonds is 4. The molecule has 90 valence electrons. The van der Waals surface area contributed by atoms with E-state index in [0.29, 0.717) is 12.0 Å². The van der Waals surface area contributed by atoms with Crippen molar-refractivity contribution in [1.29, 1.82) is 0 Å². The second kappa shape index (κ2) is 5.75. The highest BCUT2D eigenvalue weighted by Crippen LogP contribution is 2.24. The molecule has 0 radical (unpaired) electrons. The smallest absolute Gasteiger partial charge is 0.0794 e. The predicted octanol–water partition coefficient (Wildman–Crippen LogP) is 2.34. The van der Waals surface area contributed by atoms with Crippen molar-refractivity contribution in [3.8, 4) is 0 Å². The number of nitrogens with one attached hydrogen (secondary N) is 1. The van der Waals surface area contributed by atoms with Crippen LogP contribution in [-0.2, 0) is 0 Å². The Bertz CT molecular complexity index is 302.